The summed E-state index contributed by atoms with van der Waals surface area (Å²) in [6.45, 7) is 0. The summed E-state index contributed by atoms with van der Waals surface area (Å²) in [7, 11) is -3.42. The Morgan fingerprint density at radius 1 is 0.760 bits per heavy atom. The van der Waals surface area contributed by atoms with Gasteiger partial charge in [0.05, 0.1) is 10.6 Å². The molecule has 0 spiro atoms. The zero-order valence-corrected chi connectivity index (χ0v) is 14.5. The molecular weight excluding hydrogens is 334 g/mol. The summed E-state index contributed by atoms with van der Waals surface area (Å²) < 4.78 is 23.6. The summed E-state index contributed by atoms with van der Waals surface area (Å²) in [6, 6.07) is 23.4. The Morgan fingerprint density at radius 3 is 1.96 bits per heavy atom. The van der Waals surface area contributed by atoms with E-state index >= 15 is 0 Å². The number of sulfone groups is 1. The first-order chi connectivity index (χ1) is 11.9. The molecule has 0 heterocycles. The van der Waals surface area contributed by atoms with E-state index in [1.165, 1.54) is 6.07 Å². The van der Waals surface area contributed by atoms with Crippen molar-refractivity contribution in [2.75, 3.05) is 11.6 Å². The molecule has 1 amide bonds. The lowest BCUT2D eigenvalue weighted by Gasteiger charge is -2.10. The number of hydrogen-bond acceptors (Lipinski definition) is 3. The molecule has 3 rings (SSSR count). The topological polar surface area (TPSA) is 63.2 Å². The van der Waals surface area contributed by atoms with Gasteiger partial charge in [0.25, 0.3) is 5.91 Å². The summed E-state index contributed by atoms with van der Waals surface area (Å²) in [5.41, 5.74) is 2.82. The third-order valence-corrected chi connectivity index (χ3v) is 4.94. The van der Waals surface area contributed by atoms with Crippen LogP contribution in [-0.2, 0) is 9.84 Å². The number of hydrogen-bond donors (Lipinski definition) is 1. The molecule has 0 aliphatic rings. The molecule has 3 aromatic rings. The van der Waals surface area contributed by atoms with Gasteiger partial charge in [0.2, 0.25) is 0 Å². The van der Waals surface area contributed by atoms with Gasteiger partial charge in [-0.3, -0.25) is 4.79 Å². The maximum absolute atomic E-state index is 12.4. The molecule has 0 saturated heterocycles. The van der Waals surface area contributed by atoms with E-state index in [1.807, 2.05) is 42.5 Å². The minimum Gasteiger partial charge on any atom is -0.321 e. The number of carbonyl (C=O) groups excluding carboxylic acids is 1. The van der Waals surface area contributed by atoms with Crippen LogP contribution in [0.2, 0.25) is 0 Å². The predicted molar refractivity (Wildman–Crippen MR) is 99.4 cm³/mol. The van der Waals surface area contributed by atoms with Crippen LogP contribution in [0, 0.1) is 0 Å². The molecule has 0 fully saturated rings. The third kappa shape index (κ3) is 3.95. The minimum absolute atomic E-state index is 0.101. The second-order valence-corrected chi connectivity index (χ2v) is 7.65. The first-order valence-corrected chi connectivity index (χ1v) is 9.60. The van der Waals surface area contributed by atoms with Gasteiger partial charge < -0.3 is 5.32 Å². The average molecular weight is 351 g/mol. The fourth-order valence-corrected chi connectivity index (χ4v) is 3.38. The van der Waals surface area contributed by atoms with E-state index in [0.717, 1.165) is 17.4 Å². The molecule has 5 heteroatoms. The average Bonchev–Trinajstić information content (AvgIpc) is 2.62. The Morgan fingerprint density at radius 2 is 1.32 bits per heavy atom. The molecule has 0 aromatic heterocycles. The number of para-hydroxylation sites is 1. The van der Waals surface area contributed by atoms with Crippen molar-refractivity contribution in [2.45, 2.75) is 4.90 Å². The van der Waals surface area contributed by atoms with Gasteiger partial charge in [0.1, 0.15) is 0 Å². The smallest absolute Gasteiger partial charge is 0.255 e. The molecule has 3 aromatic carbocycles. The van der Waals surface area contributed by atoms with Crippen LogP contribution in [0.1, 0.15) is 10.4 Å². The Labute approximate surface area is 147 Å². The lowest BCUT2D eigenvalue weighted by atomic mass is 10.0. The number of benzene rings is 3. The second-order valence-electron chi connectivity index (χ2n) is 5.67. The maximum Gasteiger partial charge on any atom is 0.255 e. The molecular formula is C20H17NO3S. The standard InChI is InChI=1S/C20H17NO3S/c1-25(23,24)19-10-6-5-9-18(19)21-20(22)17-13-11-16(12-14-17)15-7-3-2-4-8-15/h2-14H,1H3,(H,21,22). The molecule has 0 radical (unpaired) electrons. The maximum atomic E-state index is 12.4. The summed E-state index contributed by atoms with van der Waals surface area (Å²) in [5.74, 6) is -0.351. The molecule has 25 heavy (non-hydrogen) atoms. The highest BCUT2D eigenvalue weighted by Crippen LogP contribution is 2.23. The predicted octanol–water partition coefficient (Wildman–Crippen LogP) is 4.01. The van der Waals surface area contributed by atoms with E-state index in [4.69, 9.17) is 0 Å². The lowest BCUT2D eigenvalue weighted by Crippen LogP contribution is -2.14. The summed E-state index contributed by atoms with van der Waals surface area (Å²) in [5, 5.41) is 2.67. The quantitative estimate of drug-likeness (QED) is 0.772. The normalized spacial score (nSPS) is 11.1. The summed E-state index contributed by atoms with van der Waals surface area (Å²) >= 11 is 0. The van der Waals surface area contributed by atoms with E-state index in [0.29, 0.717) is 5.56 Å². The Bertz CT molecular complexity index is 995. The van der Waals surface area contributed by atoms with Crippen LogP contribution in [0.5, 0.6) is 0 Å². The van der Waals surface area contributed by atoms with Crippen LogP contribution < -0.4 is 5.32 Å². The zero-order valence-electron chi connectivity index (χ0n) is 13.6. The van der Waals surface area contributed by atoms with Crippen molar-refractivity contribution >= 4 is 21.4 Å². The Hall–Kier alpha value is -2.92. The van der Waals surface area contributed by atoms with Crippen molar-refractivity contribution in [1.29, 1.82) is 0 Å². The summed E-state index contributed by atoms with van der Waals surface area (Å²) in [6.07, 6.45) is 1.12. The van der Waals surface area contributed by atoms with Gasteiger partial charge in [-0.25, -0.2) is 8.42 Å². The van der Waals surface area contributed by atoms with E-state index in [9.17, 15) is 13.2 Å². The van der Waals surface area contributed by atoms with Crippen LogP contribution in [0.4, 0.5) is 5.69 Å². The van der Waals surface area contributed by atoms with Gasteiger partial charge in [0.15, 0.2) is 9.84 Å². The molecule has 0 aliphatic heterocycles. The third-order valence-electron chi connectivity index (χ3n) is 3.79. The van der Waals surface area contributed by atoms with Crippen molar-refractivity contribution in [2.24, 2.45) is 0 Å². The van der Waals surface area contributed by atoms with Crippen molar-refractivity contribution < 1.29 is 13.2 Å². The van der Waals surface area contributed by atoms with Crippen LogP contribution in [0.3, 0.4) is 0 Å². The van der Waals surface area contributed by atoms with Gasteiger partial charge in [-0.05, 0) is 35.4 Å². The number of carbonyl (C=O) groups is 1. The zero-order chi connectivity index (χ0) is 17.9. The van der Waals surface area contributed by atoms with Gasteiger partial charge in [-0.1, -0.05) is 54.6 Å². The number of anilines is 1. The Balaban J connectivity index is 1.83. The molecule has 0 unspecified atom stereocenters. The molecule has 4 nitrogen and oxygen atoms in total. The van der Waals surface area contributed by atoms with E-state index in [2.05, 4.69) is 5.32 Å². The monoisotopic (exact) mass is 351 g/mol. The lowest BCUT2D eigenvalue weighted by molar-refractivity contribution is 0.102. The number of rotatable bonds is 4. The molecule has 126 valence electrons. The molecule has 1 N–H and O–H groups in total. The van der Waals surface area contributed by atoms with Gasteiger partial charge >= 0.3 is 0 Å². The molecule has 0 aliphatic carbocycles. The van der Waals surface area contributed by atoms with Crippen LogP contribution in [0.25, 0.3) is 11.1 Å². The highest BCUT2D eigenvalue weighted by atomic mass is 32.2. The fraction of sp³-hybridized carbons (Fsp3) is 0.0500. The van der Waals surface area contributed by atoms with Crippen LogP contribution >= 0.6 is 0 Å². The first-order valence-electron chi connectivity index (χ1n) is 7.71. The van der Waals surface area contributed by atoms with Gasteiger partial charge in [0, 0.05) is 11.8 Å². The Kier molecular flexibility index (Phi) is 4.67. The first kappa shape index (κ1) is 16.9. The molecule has 0 bridgehead atoms. The SMILES string of the molecule is CS(=O)(=O)c1ccccc1NC(=O)c1ccc(-c2ccccc2)cc1. The van der Waals surface area contributed by atoms with Crippen LogP contribution in [0.15, 0.2) is 83.8 Å². The highest BCUT2D eigenvalue weighted by molar-refractivity contribution is 7.90. The minimum atomic E-state index is -3.42. The van der Waals surface area contributed by atoms with Gasteiger partial charge in [-0.15, -0.1) is 0 Å². The molecule has 0 atom stereocenters. The van der Waals surface area contributed by atoms with Crippen molar-refractivity contribution in [3.63, 3.8) is 0 Å². The number of amides is 1. The number of nitrogens with one attached hydrogen (secondary N) is 1. The highest BCUT2D eigenvalue weighted by Gasteiger charge is 2.15. The molecule has 0 saturated carbocycles. The van der Waals surface area contributed by atoms with Gasteiger partial charge in [-0.2, -0.15) is 0 Å². The van der Waals surface area contributed by atoms with Crippen molar-refractivity contribution in [3.8, 4) is 11.1 Å². The summed E-state index contributed by atoms with van der Waals surface area (Å²) in [4.78, 5) is 12.5. The van der Waals surface area contributed by atoms with E-state index in [1.54, 1.807) is 30.3 Å². The van der Waals surface area contributed by atoms with Crippen molar-refractivity contribution in [3.05, 3.63) is 84.4 Å². The fourth-order valence-electron chi connectivity index (χ4n) is 2.53. The van der Waals surface area contributed by atoms with Crippen molar-refractivity contribution in [1.82, 2.24) is 0 Å². The van der Waals surface area contributed by atoms with Crippen LogP contribution in [-0.4, -0.2) is 20.6 Å². The second kappa shape index (κ2) is 6.91. The largest absolute Gasteiger partial charge is 0.321 e. The van der Waals surface area contributed by atoms with E-state index in [-0.39, 0.29) is 16.5 Å². The van der Waals surface area contributed by atoms with E-state index < -0.39 is 9.84 Å².